The minimum atomic E-state index is 0.258. The van der Waals surface area contributed by atoms with Gasteiger partial charge < -0.3 is 9.64 Å². The third kappa shape index (κ3) is 2.27. The van der Waals surface area contributed by atoms with Crippen LogP contribution in [0.2, 0.25) is 0 Å². The second-order valence-corrected chi connectivity index (χ2v) is 5.52. The van der Waals surface area contributed by atoms with Gasteiger partial charge in [0.2, 0.25) is 5.91 Å². The van der Waals surface area contributed by atoms with Gasteiger partial charge in [-0.1, -0.05) is 29.8 Å². The molecule has 2 heterocycles. The van der Waals surface area contributed by atoms with E-state index >= 15 is 0 Å². The van der Waals surface area contributed by atoms with Gasteiger partial charge in [0.05, 0.1) is 19.6 Å². The minimum absolute atomic E-state index is 0.258. The van der Waals surface area contributed by atoms with E-state index in [2.05, 4.69) is 19.1 Å². The van der Waals surface area contributed by atoms with Gasteiger partial charge in [-0.15, -0.1) is 0 Å². The predicted octanol–water partition coefficient (Wildman–Crippen LogP) is 1.64. The molecule has 18 heavy (non-hydrogen) atoms. The average molecular weight is 245 g/mol. The van der Waals surface area contributed by atoms with Crippen LogP contribution in [-0.2, 0) is 16.0 Å². The lowest BCUT2D eigenvalue weighted by Crippen LogP contribution is -2.31. The number of benzene rings is 1. The number of carbonyl (C=O) groups excluding carboxylic acids is 1. The van der Waals surface area contributed by atoms with Crippen LogP contribution in [0, 0.1) is 18.8 Å². The van der Waals surface area contributed by atoms with Crippen molar-refractivity contribution in [2.24, 2.45) is 11.8 Å². The van der Waals surface area contributed by atoms with Crippen LogP contribution in [0.3, 0.4) is 0 Å². The Labute approximate surface area is 108 Å². The largest absolute Gasteiger partial charge is 0.381 e. The molecule has 2 saturated heterocycles. The highest BCUT2D eigenvalue weighted by molar-refractivity contribution is 5.79. The second kappa shape index (κ2) is 4.73. The summed E-state index contributed by atoms with van der Waals surface area (Å²) in [6.07, 6.45) is 0.528. The molecule has 3 heteroatoms. The summed E-state index contributed by atoms with van der Waals surface area (Å²) in [5, 5.41) is 0. The highest BCUT2D eigenvalue weighted by Gasteiger charge is 2.38. The Morgan fingerprint density at radius 3 is 2.44 bits per heavy atom. The van der Waals surface area contributed by atoms with Gasteiger partial charge in [0.15, 0.2) is 0 Å². The molecule has 0 N–H and O–H groups in total. The van der Waals surface area contributed by atoms with Gasteiger partial charge in [0, 0.05) is 24.9 Å². The van der Waals surface area contributed by atoms with Crippen LogP contribution < -0.4 is 0 Å². The van der Waals surface area contributed by atoms with E-state index in [1.165, 1.54) is 5.56 Å². The summed E-state index contributed by atoms with van der Waals surface area (Å²) in [5.41, 5.74) is 2.35. The molecule has 0 aliphatic carbocycles. The maximum atomic E-state index is 12.2. The zero-order valence-corrected chi connectivity index (χ0v) is 10.8. The fourth-order valence-corrected chi connectivity index (χ4v) is 2.88. The van der Waals surface area contributed by atoms with E-state index < -0.39 is 0 Å². The Hall–Kier alpha value is -1.35. The highest BCUT2D eigenvalue weighted by atomic mass is 16.5. The lowest BCUT2D eigenvalue weighted by molar-refractivity contribution is -0.129. The second-order valence-electron chi connectivity index (χ2n) is 5.52. The zero-order valence-electron chi connectivity index (χ0n) is 10.8. The predicted molar refractivity (Wildman–Crippen MR) is 69.3 cm³/mol. The Morgan fingerprint density at radius 1 is 1.22 bits per heavy atom. The minimum Gasteiger partial charge on any atom is -0.381 e. The van der Waals surface area contributed by atoms with E-state index in [9.17, 15) is 4.79 Å². The summed E-state index contributed by atoms with van der Waals surface area (Å²) in [5.74, 6) is 1.41. The van der Waals surface area contributed by atoms with Gasteiger partial charge in [0.25, 0.3) is 0 Å². The number of aryl methyl sites for hydroxylation is 1. The number of hydrogen-bond donors (Lipinski definition) is 0. The summed E-state index contributed by atoms with van der Waals surface area (Å²) < 4.78 is 5.43. The molecule has 2 atom stereocenters. The first-order valence-corrected chi connectivity index (χ1v) is 6.63. The SMILES string of the molecule is Cc1ccc(CC(=O)N2CC3COCC3C2)cc1. The topological polar surface area (TPSA) is 29.5 Å². The third-order valence-electron chi connectivity index (χ3n) is 4.07. The molecule has 1 aromatic rings. The summed E-state index contributed by atoms with van der Waals surface area (Å²) in [6, 6.07) is 8.23. The molecule has 3 rings (SSSR count). The van der Waals surface area contributed by atoms with Crippen LogP contribution in [0.5, 0.6) is 0 Å². The standard InChI is InChI=1S/C15H19NO2/c1-11-2-4-12(5-3-11)6-15(17)16-7-13-9-18-10-14(13)8-16/h2-5,13-14H,6-10H2,1H3. The average Bonchev–Trinajstić information content (AvgIpc) is 2.92. The number of fused-ring (bicyclic) bond motifs is 1. The molecule has 2 aliphatic heterocycles. The van der Waals surface area contributed by atoms with Gasteiger partial charge >= 0.3 is 0 Å². The molecule has 0 bridgehead atoms. The van der Waals surface area contributed by atoms with Gasteiger partial charge in [-0.2, -0.15) is 0 Å². The van der Waals surface area contributed by atoms with Crippen LogP contribution in [0.4, 0.5) is 0 Å². The van der Waals surface area contributed by atoms with Crippen molar-refractivity contribution in [2.45, 2.75) is 13.3 Å². The Kier molecular flexibility index (Phi) is 3.08. The van der Waals surface area contributed by atoms with E-state index in [-0.39, 0.29) is 5.91 Å². The van der Waals surface area contributed by atoms with Gasteiger partial charge in [0.1, 0.15) is 0 Å². The van der Waals surface area contributed by atoms with Crippen molar-refractivity contribution in [3.05, 3.63) is 35.4 Å². The summed E-state index contributed by atoms with van der Waals surface area (Å²) >= 11 is 0. The molecule has 3 nitrogen and oxygen atoms in total. The summed E-state index contributed by atoms with van der Waals surface area (Å²) in [6.45, 7) is 5.50. The maximum absolute atomic E-state index is 12.2. The van der Waals surface area contributed by atoms with Crippen LogP contribution in [0.15, 0.2) is 24.3 Å². The molecule has 2 unspecified atom stereocenters. The molecule has 0 spiro atoms. The van der Waals surface area contributed by atoms with Crippen molar-refractivity contribution in [3.8, 4) is 0 Å². The molecule has 1 amide bonds. The van der Waals surface area contributed by atoms with E-state index in [1.54, 1.807) is 0 Å². The first-order valence-electron chi connectivity index (χ1n) is 6.63. The van der Waals surface area contributed by atoms with Gasteiger partial charge in [-0.3, -0.25) is 4.79 Å². The van der Waals surface area contributed by atoms with E-state index in [0.717, 1.165) is 31.9 Å². The van der Waals surface area contributed by atoms with Gasteiger partial charge in [-0.25, -0.2) is 0 Å². The van der Waals surface area contributed by atoms with Crippen molar-refractivity contribution < 1.29 is 9.53 Å². The molecule has 0 saturated carbocycles. The molecule has 2 aliphatic rings. The number of rotatable bonds is 2. The fraction of sp³-hybridized carbons (Fsp3) is 0.533. The molecule has 0 aromatic heterocycles. The number of carbonyl (C=O) groups is 1. The van der Waals surface area contributed by atoms with E-state index in [0.29, 0.717) is 18.3 Å². The molecular weight excluding hydrogens is 226 g/mol. The Morgan fingerprint density at radius 2 is 1.83 bits per heavy atom. The lowest BCUT2D eigenvalue weighted by Gasteiger charge is -2.17. The summed E-state index contributed by atoms with van der Waals surface area (Å²) in [7, 11) is 0. The monoisotopic (exact) mass is 245 g/mol. The molecule has 96 valence electrons. The number of likely N-dealkylation sites (tertiary alicyclic amines) is 1. The lowest BCUT2D eigenvalue weighted by atomic mass is 10.0. The third-order valence-corrected chi connectivity index (χ3v) is 4.07. The number of hydrogen-bond acceptors (Lipinski definition) is 2. The molecule has 2 fully saturated rings. The first kappa shape index (κ1) is 11.7. The van der Waals surface area contributed by atoms with Crippen molar-refractivity contribution >= 4 is 5.91 Å². The zero-order chi connectivity index (χ0) is 12.5. The Bertz CT molecular complexity index is 428. The van der Waals surface area contributed by atoms with E-state index in [1.807, 2.05) is 17.0 Å². The van der Waals surface area contributed by atoms with E-state index in [4.69, 9.17) is 4.74 Å². The van der Waals surface area contributed by atoms with Crippen LogP contribution >= 0.6 is 0 Å². The van der Waals surface area contributed by atoms with Crippen molar-refractivity contribution in [3.63, 3.8) is 0 Å². The molecular formula is C15H19NO2. The smallest absolute Gasteiger partial charge is 0.227 e. The quantitative estimate of drug-likeness (QED) is 0.793. The van der Waals surface area contributed by atoms with Crippen LogP contribution in [-0.4, -0.2) is 37.1 Å². The first-order chi connectivity index (χ1) is 8.72. The normalized spacial score (nSPS) is 26.4. The number of nitrogens with zero attached hydrogens (tertiary/aromatic N) is 1. The Balaban J connectivity index is 1.60. The summed E-state index contributed by atoms with van der Waals surface area (Å²) in [4.78, 5) is 14.2. The molecule has 1 aromatic carbocycles. The molecule has 0 radical (unpaired) electrons. The number of amides is 1. The van der Waals surface area contributed by atoms with Crippen LogP contribution in [0.1, 0.15) is 11.1 Å². The highest BCUT2D eigenvalue weighted by Crippen LogP contribution is 2.29. The van der Waals surface area contributed by atoms with Crippen LogP contribution in [0.25, 0.3) is 0 Å². The van der Waals surface area contributed by atoms with Gasteiger partial charge in [-0.05, 0) is 12.5 Å². The van der Waals surface area contributed by atoms with Crippen molar-refractivity contribution in [1.82, 2.24) is 4.90 Å². The van der Waals surface area contributed by atoms with Crippen molar-refractivity contribution in [2.75, 3.05) is 26.3 Å². The fourth-order valence-electron chi connectivity index (χ4n) is 2.88. The number of ether oxygens (including phenoxy) is 1. The maximum Gasteiger partial charge on any atom is 0.227 e. The van der Waals surface area contributed by atoms with Crippen molar-refractivity contribution in [1.29, 1.82) is 0 Å².